The summed E-state index contributed by atoms with van der Waals surface area (Å²) in [6, 6.07) is 3.73. The van der Waals surface area contributed by atoms with Gasteiger partial charge in [-0.3, -0.25) is 4.55 Å². The van der Waals surface area contributed by atoms with Crippen LogP contribution in [0.2, 0.25) is 0 Å². The van der Waals surface area contributed by atoms with Crippen molar-refractivity contribution in [2.24, 2.45) is 0 Å². The van der Waals surface area contributed by atoms with E-state index < -0.39 is 16.0 Å². The maximum Gasteiger partial charge on any atom is 0.446 e. The summed E-state index contributed by atoms with van der Waals surface area (Å²) in [5, 5.41) is 0.518. The van der Waals surface area contributed by atoms with Crippen molar-refractivity contribution in [3.8, 4) is 11.5 Å². The van der Waals surface area contributed by atoms with E-state index in [4.69, 9.17) is 13.7 Å². The van der Waals surface area contributed by atoms with Crippen LogP contribution in [0.5, 0.6) is 11.5 Å². The summed E-state index contributed by atoms with van der Waals surface area (Å²) in [7, 11) is -3.24. The smallest absolute Gasteiger partial charge is 0.446 e. The van der Waals surface area contributed by atoms with E-state index >= 15 is 0 Å². The second-order valence-corrected chi connectivity index (χ2v) is 4.78. The van der Waals surface area contributed by atoms with Crippen LogP contribution in [0.3, 0.4) is 0 Å². The summed E-state index contributed by atoms with van der Waals surface area (Å²) in [6.07, 6.45) is 0. The molecule has 0 amide bonds. The zero-order valence-electron chi connectivity index (χ0n) is 10.0. The largest absolute Gasteiger partial charge is 0.496 e. The molecule has 1 aromatic carbocycles. The number of hydrogen-bond acceptors (Lipinski definition) is 6. The fourth-order valence-electron chi connectivity index (χ4n) is 1.77. The quantitative estimate of drug-likeness (QED) is 0.669. The average molecular weight is 286 g/mol. The molecular weight excluding hydrogens is 276 g/mol. The van der Waals surface area contributed by atoms with Gasteiger partial charge in [0.1, 0.15) is 17.1 Å². The molecule has 0 spiro atoms. The fraction of sp³-hybridized carbons (Fsp3) is 0.182. The Morgan fingerprint density at radius 3 is 2.53 bits per heavy atom. The van der Waals surface area contributed by atoms with Gasteiger partial charge in [0.25, 0.3) is 0 Å². The Balaban J connectivity index is 2.73. The van der Waals surface area contributed by atoms with E-state index in [2.05, 4.69) is 4.18 Å². The Morgan fingerprint density at radius 2 is 1.95 bits per heavy atom. The fourth-order valence-corrected chi connectivity index (χ4v) is 2.11. The Hall–Kier alpha value is -2.06. The highest BCUT2D eigenvalue weighted by Gasteiger charge is 2.14. The van der Waals surface area contributed by atoms with Crippen LogP contribution in [0, 0.1) is 6.92 Å². The summed E-state index contributed by atoms with van der Waals surface area (Å²) < 4.78 is 44.3. The van der Waals surface area contributed by atoms with E-state index in [9.17, 15) is 13.2 Å². The molecule has 0 saturated heterocycles. The van der Waals surface area contributed by atoms with Crippen molar-refractivity contribution >= 4 is 21.4 Å². The Labute approximate surface area is 108 Å². The van der Waals surface area contributed by atoms with Crippen molar-refractivity contribution in [1.82, 2.24) is 0 Å². The van der Waals surface area contributed by atoms with Gasteiger partial charge >= 0.3 is 16.0 Å². The Bertz CT molecular complexity index is 789. The van der Waals surface area contributed by atoms with Crippen molar-refractivity contribution in [3.63, 3.8) is 0 Å². The average Bonchev–Trinajstić information content (AvgIpc) is 2.24. The molecule has 0 unspecified atom stereocenters. The normalized spacial score (nSPS) is 11.5. The predicted molar refractivity (Wildman–Crippen MR) is 65.9 cm³/mol. The molecule has 0 bridgehead atoms. The van der Waals surface area contributed by atoms with Gasteiger partial charge < -0.3 is 13.3 Å². The van der Waals surface area contributed by atoms with Crippen LogP contribution in [0.15, 0.2) is 27.4 Å². The van der Waals surface area contributed by atoms with Crippen molar-refractivity contribution in [1.29, 1.82) is 0 Å². The second kappa shape index (κ2) is 4.56. The van der Waals surface area contributed by atoms with Gasteiger partial charge in [-0.2, -0.15) is 8.42 Å². The molecule has 0 aliphatic rings. The molecule has 8 heteroatoms. The van der Waals surface area contributed by atoms with Crippen LogP contribution in [-0.4, -0.2) is 20.1 Å². The van der Waals surface area contributed by atoms with Gasteiger partial charge in [0.05, 0.1) is 18.6 Å². The zero-order chi connectivity index (χ0) is 14.2. The number of methoxy groups -OCH3 is 1. The van der Waals surface area contributed by atoms with Crippen LogP contribution in [0.1, 0.15) is 5.56 Å². The lowest BCUT2D eigenvalue weighted by atomic mass is 10.1. The minimum Gasteiger partial charge on any atom is -0.496 e. The Kier molecular flexibility index (Phi) is 3.21. The first-order chi connectivity index (χ1) is 8.80. The van der Waals surface area contributed by atoms with Crippen LogP contribution in [0.4, 0.5) is 0 Å². The third-order valence-corrected chi connectivity index (χ3v) is 2.80. The minimum atomic E-state index is -4.64. The van der Waals surface area contributed by atoms with Gasteiger partial charge in [0.15, 0.2) is 0 Å². The lowest BCUT2D eigenvalue weighted by Gasteiger charge is -2.08. The number of aryl methyl sites for hydroxylation is 1. The molecule has 19 heavy (non-hydrogen) atoms. The van der Waals surface area contributed by atoms with Gasteiger partial charge in [-0.25, -0.2) is 4.79 Å². The SMILES string of the molecule is COc1cc(=O)oc2cc(OS(=O)(=O)O)cc(C)c12. The number of hydrogen-bond donors (Lipinski definition) is 1. The summed E-state index contributed by atoms with van der Waals surface area (Å²) in [4.78, 5) is 11.3. The molecule has 0 radical (unpaired) electrons. The molecule has 102 valence electrons. The van der Waals surface area contributed by atoms with Gasteiger partial charge in [-0.15, -0.1) is 0 Å². The van der Waals surface area contributed by atoms with Crippen LogP contribution < -0.4 is 14.5 Å². The monoisotopic (exact) mass is 286 g/mol. The van der Waals surface area contributed by atoms with E-state index in [1.54, 1.807) is 6.92 Å². The van der Waals surface area contributed by atoms with Crippen LogP contribution in [0.25, 0.3) is 11.0 Å². The molecule has 0 aliphatic heterocycles. The first kappa shape index (κ1) is 13.4. The number of rotatable bonds is 3. The molecule has 2 aromatic rings. The lowest BCUT2D eigenvalue weighted by molar-refractivity contribution is 0.386. The van der Waals surface area contributed by atoms with Gasteiger partial charge in [-0.05, 0) is 18.6 Å². The minimum absolute atomic E-state index is 0.100. The van der Waals surface area contributed by atoms with Gasteiger partial charge in [0.2, 0.25) is 0 Å². The third-order valence-electron chi connectivity index (χ3n) is 2.40. The molecule has 0 saturated carbocycles. The highest BCUT2D eigenvalue weighted by molar-refractivity contribution is 7.81. The van der Waals surface area contributed by atoms with E-state index in [0.717, 1.165) is 0 Å². The lowest BCUT2D eigenvalue weighted by Crippen LogP contribution is -2.07. The van der Waals surface area contributed by atoms with Crippen LogP contribution in [-0.2, 0) is 10.4 Å². The van der Waals surface area contributed by atoms with Crippen molar-refractivity contribution in [2.45, 2.75) is 6.92 Å². The molecule has 0 aliphatic carbocycles. The summed E-state index contributed by atoms with van der Waals surface area (Å²) >= 11 is 0. The van der Waals surface area contributed by atoms with E-state index in [-0.39, 0.29) is 11.3 Å². The first-order valence-electron chi connectivity index (χ1n) is 5.09. The van der Waals surface area contributed by atoms with E-state index in [0.29, 0.717) is 16.7 Å². The highest BCUT2D eigenvalue weighted by atomic mass is 32.3. The molecule has 0 atom stereocenters. The molecular formula is C11H10O7S. The molecule has 0 fully saturated rings. The number of benzene rings is 1. The summed E-state index contributed by atoms with van der Waals surface area (Å²) in [6.45, 7) is 1.65. The predicted octanol–water partition coefficient (Wildman–Crippen LogP) is 1.29. The van der Waals surface area contributed by atoms with E-state index in [1.165, 1.54) is 25.3 Å². The standard InChI is InChI=1S/C11H10O7S/c1-6-3-7(18-19(13,14)15)4-9-11(6)8(16-2)5-10(12)17-9/h3-5H,1-2H3,(H,13,14,15). The summed E-state index contributed by atoms with van der Waals surface area (Å²) in [5.41, 5.74) is 0.0208. The van der Waals surface area contributed by atoms with Crippen LogP contribution >= 0.6 is 0 Å². The van der Waals surface area contributed by atoms with Crippen molar-refractivity contribution in [3.05, 3.63) is 34.2 Å². The molecule has 2 rings (SSSR count). The maximum absolute atomic E-state index is 11.3. The second-order valence-electron chi connectivity index (χ2n) is 3.76. The maximum atomic E-state index is 11.3. The molecule has 1 aromatic heterocycles. The Morgan fingerprint density at radius 1 is 1.26 bits per heavy atom. The number of ether oxygens (including phenoxy) is 1. The summed E-state index contributed by atoms with van der Waals surface area (Å²) in [5.74, 6) is 0.144. The molecule has 1 heterocycles. The van der Waals surface area contributed by atoms with Crippen molar-refractivity contribution < 1.29 is 26.3 Å². The third kappa shape index (κ3) is 2.85. The van der Waals surface area contributed by atoms with Gasteiger partial charge in [-0.1, -0.05) is 0 Å². The highest BCUT2D eigenvalue weighted by Crippen LogP contribution is 2.31. The topological polar surface area (TPSA) is 103 Å². The van der Waals surface area contributed by atoms with E-state index in [1.807, 2.05) is 0 Å². The zero-order valence-corrected chi connectivity index (χ0v) is 10.9. The molecule has 1 N–H and O–H groups in total. The number of fused-ring (bicyclic) bond motifs is 1. The van der Waals surface area contributed by atoms with Crippen molar-refractivity contribution in [2.75, 3.05) is 7.11 Å². The molecule has 7 nitrogen and oxygen atoms in total. The first-order valence-corrected chi connectivity index (χ1v) is 6.46. The van der Waals surface area contributed by atoms with Gasteiger partial charge in [0, 0.05) is 6.07 Å².